The quantitative estimate of drug-likeness (QED) is 0.903. The first-order chi connectivity index (χ1) is 9.10. The second-order valence-electron chi connectivity index (χ2n) is 4.12. The molecule has 0 aliphatic carbocycles. The highest BCUT2D eigenvalue weighted by molar-refractivity contribution is 6.34. The van der Waals surface area contributed by atoms with Crippen molar-refractivity contribution in [1.82, 2.24) is 4.98 Å². The molecule has 2 aromatic rings. The van der Waals surface area contributed by atoms with Crippen LogP contribution in [0.3, 0.4) is 0 Å². The van der Waals surface area contributed by atoms with Crippen LogP contribution in [0, 0.1) is 6.92 Å². The average Bonchev–Trinajstić information content (AvgIpc) is 2.42. The molecule has 5 heteroatoms. The first-order valence-corrected chi connectivity index (χ1v) is 6.19. The van der Waals surface area contributed by atoms with E-state index in [1.807, 2.05) is 13.0 Å². The fraction of sp³-hybridized carbons (Fsp3) is 0.143. The lowest BCUT2D eigenvalue weighted by atomic mass is 10.2. The van der Waals surface area contributed by atoms with Crippen molar-refractivity contribution in [3.8, 4) is 0 Å². The van der Waals surface area contributed by atoms with Crippen LogP contribution in [0.1, 0.15) is 15.9 Å². The van der Waals surface area contributed by atoms with Gasteiger partial charge in [-0.1, -0.05) is 17.7 Å². The maximum Gasteiger partial charge on any atom is 0.257 e. The number of anilines is 2. The number of pyridine rings is 1. The van der Waals surface area contributed by atoms with Gasteiger partial charge in [0.05, 0.1) is 16.3 Å². The van der Waals surface area contributed by atoms with E-state index < -0.39 is 0 Å². The lowest BCUT2D eigenvalue weighted by Gasteiger charge is -2.08. The standard InChI is InChI=1S/C14H14ClN3O/c1-9-3-5-12(11(15)7-9)18-14(19)10-4-6-13(16-2)17-8-10/h3-8H,1-2H3,(H,16,17)(H,18,19). The predicted molar refractivity (Wildman–Crippen MR) is 77.9 cm³/mol. The summed E-state index contributed by atoms with van der Waals surface area (Å²) in [5, 5.41) is 6.18. The topological polar surface area (TPSA) is 54.0 Å². The molecule has 1 aromatic heterocycles. The van der Waals surface area contributed by atoms with E-state index in [4.69, 9.17) is 11.6 Å². The molecule has 2 N–H and O–H groups in total. The molecule has 1 heterocycles. The minimum atomic E-state index is -0.235. The first-order valence-electron chi connectivity index (χ1n) is 5.81. The van der Waals surface area contributed by atoms with Gasteiger partial charge in [0.15, 0.2) is 0 Å². The van der Waals surface area contributed by atoms with Crippen molar-refractivity contribution in [3.05, 3.63) is 52.7 Å². The van der Waals surface area contributed by atoms with E-state index in [0.717, 1.165) is 5.56 Å². The van der Waals surface area contributed by atoms with Crippen molar-refractivity contribution >= 4 is 29.0 Å². The highest BCUT2D eigenvalue weighted by Crippen LogP contribution is 2.23. The van der Waals surface area contributed by atoms with Crippen LogP contribution in [0.4, 0.5) is 11.5 Å². The second kappa shape index (κ2) is 5.71. The largest absolute Gasteiger partial charge is 0.373 e. The number of hydrogen-bond donors (Lipinski definition) is 2. The molecule has 1 aromatic carbocycles. The first kappa shape index (κ1) is 13.4. The normalized spacial score (nSPS) is 10.1. The highest BCUT2D eigenvalue weighted by Gasteiger charge is 2.08. The predicted octanol–water partition coefficient (Wildman–Crippen LogP) is 3.34. The Morgan fingerprint density at radius 1 is 1.26 bits per heavy atom. The number of nitrogens with zero attached hydrogens (tertiary/aromatic N) is 1. The molecule has 0 bridgehead atoms. The Bertz CT molecular complexity index is 596. The Morgan fingerprint density at radius 3 is 2.63 bits per heavy atom. The fourth-order valence-corrected chi connectivity index (χ4v) is 1.87. The number of nitrogens with one attached hydrogen (secondary N) is 2. The number of aromatic nitrogens is 1. The van der Waals surface area contributed by atoms with E-state index in [1.54, 1.807) is 31.3 Å². The molecule has 0 fully saturated rings. The van der Waals surface area contributed by atoms with Crippen molar-refractivity contribution in [2.45, 2.75) is 6.92 Å². The number of rotatable bonds is 3. The summed E-state index contributed by atoms with van der Waals surface area (Å²) in [5.74, 6) is 0.478. The van der Waals surface area contributed by atoms with Gasteiger partial charge in [-0.25, -0.2) is 4.98 Å². The number of amides is 1. The molecule has 0 saturated heterocycles. The van der Waals surface area contributed by atoms with E-state index in [-0.39, 0.29) is 5.91 Å². The van der Waals surface area contributed by atoms with Gasteiger partial charge in [-0.3, -0.25) is 4.79 Å². The van der Waals surface area contributed by atoms with Crippen LogP contribution < -0.4 is 10.6 Å². The van der Waals surface area contributed by atoms with Crippen LogP contribution in [0.5, 0.6) is 0 Å². The number of aryl methyl sites for hydroxylation is 1. The molecule has 2 rings (SSSR count). The van der Waals surface area contributed by atoms with Crippen LogP contribution >= 0.6 is 11.6 Å². The maximum atomic E-state index is 12.0. The number of carbonyl (C=O) groups excluding carboxylic acids is 1. The van der Waals surface area contributed by atoms with Crippen LogP contribution in [0.25, 0.3) is 0 Å². The van der Waals surface area contributed by atoms with Crippen LogP contribution in [0.15, 0.2) is 36.5 Å². The Morgan fingerprint density at radius 2 is 2.05 bits per heavy atom. The zero-order chi connectivity index (χ0) is 13.8. The molecule has 0 saturated carbocycles. The Hall–Kier alpha value is -2.07. The fourth-order valence-electron chi connectivity index (χ4n) is 1.59. The van der Waals surface area contributed by atoms with Gasteiger partial charge in [0.1, 0.15) is 5.82 Å². The Labute approximate surface area is 116 Å². The van der Waals surface area contributed by atoms with Gasteiger partial charge >= 0.3 is 0 Å². The highest BCUT2D eigenvalue weighted by atomic mass is 35.5. The lowest BCUT2D eigenvalue weighted by molar-refractivity contribution is 0.102. The molecule has 0 radical (unpaired) electrons. The second-order valence-corrected chi connectivity index (χ2v) is 4.53. The summed E-state index contributed by atoms with van der Waals surface area (Å²) in [4.78, 5) is 16.1. The Kier molecular flexibility index (Phi) is 4.02. The summed E-state index contributed by atoms with van der Waals surface area (Å²) in [7, 11) is 1.77. The molecule has 0 aliphatic rings. The third-order valence-corrected chi connectivity index (χ3v) is 2.97. The third kappa shape index (κ3) is 3.23. The SMILES string of the molecule is CNc1ccc(C(=O)Nc2ccc(C)cc2Cl)cn1. The van der Waals surface area contributed by atoms with Crippen LogP contribution in [-0.4, -0.2) is 17.9 Å². The summed E-state index contributed by atoms with van der Waals surface area (Å²) in [6, 6.07) is 8.93. The number of benzene rings is 1. The van der Waals surface area contributed by atoms with E-state index >= 15 is 0 Å². The van der Waals surface area contributed by atoms with E-state index in [0.29, 0.717) is 22.1 Å². The van der Waals surface area contributed by atoms with Gasteiger partial charge in [-0.2, -0.15) is 0 Å². The zero-order valence-corrected chi connectivity index (χ0v) is 11.5. The smallest absolute Gasteiger partial charge is 0.257 e. The summed E-state index contributed by atoms with van der Waals surface area (Å²) in [6.45, 7) is 1.94. The van der Waals surface area contributed by atoms with Crippen LogP contribution in [-0.2, 0) is 0 Å². The van der Waals surface area contributed by atoms with Crippen molar-refractivity contribution in [1.29, 1.82) is 0 Å². The number of carbonyl (C=O) groups is 1. The van der Waals surface area contributed by atoms with Crippen molar-refractivity contribution in [2.24, 2.45) is 0 Å². The van der Waals surface area contributed by atoms with Crippen LogP contribution in [0.2, 0.25) is 5.02 Å². The van der Waals surface area contributed by atoms with E-state index in [1.165, 1.54) is 6.20 Å². The molecule has 1 amide bonds. The molecule has 0 unspecified atom stereocenters. The summed E-state index contributed by atoms with van der Waals surface area (Å²) >= 11 is 6.07. The van der Waals surface area contributed by atoms with Crippen molar-refractivity contribution in [2.75, 3.05) is 17.7 Å². The molecule has 19 heavy (non-hydrogen) atoms. The maximum absolute atomic E-state index is 12.0. The minimum absolute atomic E-state index is 0.235. The summed E-state index contributed by atoms with van der Waals surface area (Å²) in [5.41, 5.74) is 2.12. The van der Waals surface area contributed by atoms with Crippen molar-refractivity contribution in [3.63, 3.8) is 0 Å². The molecule has 4 nitrogen and oxygen atoms in total. The summed E-state index contributed by atoms with van der Waals surface area (Å²) in [6.07, 6.45) is 1.52. The Balaban J connectivity index is 2.15. The molecule has 0 aliphatic heterocycles. The van der Waals surface area contributed by atoms with Gasteiger partial charge in [0.25, 0.3) is 5.91 Å². The zero-order valence-electron chi connectivity index (χ0n) is 10.7. The monoisotopic (exact) mass is 275 g/mol. The third-order valence-electron chi connectivity index (χ3n) is 2.65. The summed E-state index contributed by atoms with van der Waals surface area (Å²) < 4.78 is 0. The number of halogens is 1. The van der Waals surface area contributed by atoms with Gasteiger partial charge in [0, 0.05) is 13.2 Å². The van der Waals surface area contributed by atoms with Gasteiger partial charge < -0.3 is 10.6 Å². The van der Waals surface area contributed by atoms with Gasteiger partial charge in [-0.05, 0) is 36.8 Å². The van der Waals surface area contributed by atoms with E-state index in [9.17, 15) is 4.79 Å². The molecule has 0 atom stereocenters. The lowest BCUT2D eigenvalue weighted by Crippen LogP contribution is -2.12. The molecule has 0 spiro atoms. The molecule has 98 valence electrons. The molecular formula is C14H14ClN3O. The van der Waals surface area contributed by atoms with E-state index in [2.05, 4.69) is 15.6 Å². The minimum Gasteiger partial charge on any atom is -0.373 e. The average molecular weight is 276 g/mol. The van der Waals surface area contributed by atoms with Crippen molar-refractivity contribution < 1.29 is 4.79 Å². The number of hydrogen-bond acceptors (Lipinski definition) is 3. The van der Waals surface area contributed by atoms with Gasteiger partial charge in [0.2, 0.25) is 0 Å². The van der Waals surface area contributed by atoms with Gasteiger partial charge in [-0.15, -0.1) is 0 Å². The molecular weight excluding hydrogens is 262 g/mol.